The summed E-state index contributed by atoms with van der Waals surface area (Å²) < 4.78 is 58.2. The second-order valence-electron chi connectivity index (χ2n) is 4.95. The first kappa shape index (κ1) is 15.3. The van der Waals surface area contributed by atoms with Gasteiger partial charge in [-0.15, -0.1) is 0 Å². The van der Waals surface area contributed by atoms with Crippen molar-refractivity contribution in [2.24, 2.45) is 5.92 Å². The van der Waals surface area contributed by atoms with Gasteiger partial charge in [0, 0.05) is 12.0 Å². The number of hydrogen-bond acceptors (Lipinski definition) is 2. The Morgan fingerprint density at radius 1 is 1.14 bits per heavy atom. The van der Waals surface area contributed by atoms with E-state index in [1.165, 1.54) is 0 Å². The van der Waals surface area contributed by atoms with Crippen LogP contribution >= 0.6 is 0 Å². The molecule has 0 saturated carbocycles. The number of carbonyl (C=O) groups is 1. The van der Waals surface area contributed by atoms with Crippen LogP contribution in [0.4, 0.5) is 17.6 Å². The summed E-state index contributed by atoms with van der Waals surface area (Å²) >= 11 is 0. The maximum absolute atomic E-state index is 13.6. The predicted octanol–water partition coefficient (Wildman–Crippen LogP) is 3.92. The molecule has 6 heteroatoms. The predicted molar refractivity (Wildman–Crippen MR) is 67.5 cm³/mol. The van der Waals surface area contributed by atoms with Gasteiger partial charge in [-0.2, -0.15) is 0 Å². The lowest BCUT2D eigenvalue weighted by atomic mass is 9.86. The van der Waals surface area contributed by atoms with Crippen LogP contribution < -0.4 is 0 Å². The van der Waals surface area contributed by atoms with Gasteiger partial charge in [-0.25, -0.2) is 22.4 Å². The standard InChI is InChI=1S/C15H12F4O2/c1-8-5-3-4-6-15(8,2)21-14(20)11-9(16)7-10(17)12(18)13(11)19/h3-8H,1-2H3. The van der Waals surface area contributed by atoms with Crippen molar-refractivity contribution in [2.75, 3.05) is 0 Å². The van der Waals surface area contributed by atoms with Crippen LogP contribution in [0, 0.1) is 29.2 Å². The van der Waals surface area contributed by atoms with Gasteiger partial charge in [0.25, 0.3) is 0 Å². The number of benzene rings is 1. The van der Waals surface area contributed by atoms with E-state index in [9.17, 15) is 22.4 Å². The minimum absolute atomic E-state index is 0.109. The first-order valence-corrected chi connectivity index (χ1v) is 6.18. The molecule has 0 aliphatic heterocycles. The van der Waals surface area contributed by atoms with Crippen LogP contribution in [0.3, 0.4) is 0 Å². The van der Waals surface area contributed by atoms with E-state index in [0.717, 1.165) is 0 Å². The summed E-state index contributed by atoms with van der Waals surface area (Å²) in [4.78, 5) is 11.9. The summed E-state index contributed by atoms with van der Waals surface area (Å²) in [6, 6.07) is 0.109. The number of rotatable bonds is 2. The Morgan fingerprint density at radius 2 is 1.81 bits per heavy atom. The van der Waals surface area contributed by atoms with Gasteiger partial charge < -0.3 is 4.74 Å². The van der Waals surface area contributed by atoms with Crippen molar-refractivity contribution in [2.45, 2.75) is 19.4 Å². The fraction of sp³-hybridized carbons (Fsp3) is 0.267. The SMILES string of the molecule is CC1C=CC=CC1(C)OC(=O)c1c(F)cc(F)c(F)c1F. The van der Waals surface area contributed by atoms with E-state index in [4.69, 9.17) is 4.74 Å². The minimum Gasteiger partial charge on any atom is -0.451 e. The Hall–Kier alpha value is -2.11. The van der Waals surface area contributed by atoms with Crippen LogP contribution in [0.5, 0.6) is 0 Å². The fourth-order valence-electron chi connectivity index (χ4n) is 1.95. The van der Waals surface area contributed by atoms with Crippen molar-refractivity contribution in [3.05, 3.63) is 59.2 Å². The van der Waals surface area contributed by atoms with E-state index in [1.807, 2.05) is 0 Å². The summed E-state index contributed by atoms with van der Waals surface area (Å²) in [6.07, 6.45) is 6.64. The molecule has 2 nitrogen and oxygen atoms in total. The summed E-state index contributed by atoms with van der Waals surface area (Å²) in [5.41, 5.74) is -2.37. The van der Waals surface area contributed by atoms with Gasteiger partial charge in [0.05, 0.1) is 0 Å². The molecule has 2 atom stereocenters. The lowest BCUT2D eigenvalue weighted by Crippen LogP contribution is -2.37. The van der Waals surface area contributed by atoms with Crippen molar-refractivity contribution in [1.82, 2.24) is 0 Å². The van der Waals surface area contributed by atoms with Crippen molar-refractivity contribution in [1.29, 1.82) is 0 Å². The summed E-state index contributed by atoms with van der Waals surface area (Å²) in [5.74, 6) is -8.67. The molecule has 1 aliphatic rings. The normalized spacial score (nSPS) is 24.2. The Balaban J connectivity index is 2.36. The van der Waals surface area contributed by atoms with Crippen molar-refractivity contribution >= 4 is 5.97 Å². The number of allylic oxidation sites excluding steroid dienone is 2. The number of esters is 1. The lowest BCUT2D eigenvalue weighted by Gasteiger charge is -2.32. The van der Waals surface area contributed by atoms with Crippen LogP contribution in [0.1, 0.15) is 24.2 Å². The second kappa shape index (κ2) is 5.35. The molecular weight excluding hydrogens is 288 g/mol. The number of ether oxygens (including phenoxy) is 1. The van der Waals surface area contributed by atoms with Gasteiger partial charge in [0.2, 0.25) is 0 Å². The highest BCUT2D eigenvalue weighted by Crippen LogP contribution is 2.30. The number of carbonyl (C=O) groups excluding carboxylic acids is 1. The molecule has 2 rings (SSSR count). The Morgan fingerprint density at radius 3 is 2.43 bits per heavy atom. The van der Waals surface area contributed by atoms with Crippen LogP contribution in [0.25, 0.3) is 0 Å². The largest absolute Gasteiger partial charge is 0.451 e. The average Bonchev–Trinajstić information content (AvgIpc) is 2.39. The highest BCUT2D eigenvalue weighted by Gasteiger charge is 2.35. The molecule has 0 amide bonds. The van der Waals surface area contributed by atoms with Crippen molar-refractivity contribution < 1.29 is 27.1 Å². The molecule has 0 radical (unpaired) electrons. The maximum Gasteiger partial charge on any atom is 0.345 e. The Labute approximate surface area is 118 Å². The third kappa shape index (κ3) is 2.70. The number of halogens is 4. The zero-order chi connectivity index (χ0) is 15.8. The van der Waals surface area contributed by atoms with Crippen LogP contribution in [-0.2, 0) is 4.74 Å². The smallest absolute Gasteiger partial charge is 0.345 e. The lowest BCUT2D eigenvalue weighted by molar-refractivity contribution is -0.00407. The van der Waals surface area contributed by atoms with Crippen LogP contribution in [0.2, 0.25) is 0 Å². The molecule has 0 aromatic heterocycles. The zero-order valence-corrected chi connectivity index (χ0v) is 11.3. The van der Waals surface area contributed by atoms with Gasteiger partial charge in [-0.05, 0) is 13.0 Å². The molecule has 0 fully saturated rings. The van der Waals surface area contributed by atoms with Gasteiger partial charge in [-0.1, -0.05) is 25.2 Å². The zero-order valence-electron chi connectivity index (χ0n) is 11.3. The molecule has 112 valence electrons. The number of hydrogen-bond donors (Lipinski definition) is 0. The molecule has 1 aliphatic carbocycles. The van der Waals surface area contributed by atoms with Gasteiger partial charge >= 0.3 is 5.97 Å². The summed E-state index contributed by atoms with van der Waals surface area (Å²) in [5, 5.41) is 0. The molecule has 0 bridgehead atoms. The Bertz CT molecular complexity index is 652. The van der Waals surface area contributed by atoms with Gasteiger partial charge in [0.15, 0.2) is 17.5 Å². The molecule has 0 heterocycles. The monoisotopic (exact) mass is 300 g/mol. The average molecular weight is 300 g/mol. The van der Waals surface area contributed by atoms with Crippen molar-refractivity contribution in [3.8, 4) is 0 Å². The van der Waals surface area contributed by atoms with Crippen molar-refractivity contribution in [3.63, 3.8) is 0 Å². The van der Waals surface area contributed by atoms with E-state index in [1.54, 1.807) is 38.2 Å². The van der Waals surface area contributed by atoms with Crippen LogP contribution in [-0.4, -0.2) is 11.6 Å². The minimum atomic E-state index is -1.92. The first-order valence-electron chi connectivity index (χ1n) is 6.18. The van der Waals surface area contributed by atoms with Crippen LogP contribution in [0.15, 0.2) is 30.4 Å². The first-order chi connectivity index (χ1) is 9.76. The molecule has 21 heavy (non-hydrogen) atoms. The molecule has 0 saturated heterocycles. The topological polar surface area (TPSA) is 26.3 Å². The van der Waals surface area contributed by atoms with E-state index in [-0.39, 0.29) is 12.0 Å². The highest BCUT2D eigenvalue weighted by atomic mass is 19.2. The molecule has 0 N–H and O–H groups in total. The van der Waals surface area contributed by atoms with E-state index in [2.05, 4.69) is 0 Å². The van der Waals surface area contributed by atoms with E-state index in [0.29, 0.717) is 0 Å². The van der Waals surface area contributed by atoms with Gasteiger partial charge in [-0.3, -0.25) is 0 Å². The van der Waals surface area contributed by atoms with E-state index < -0.39 is 40.4 Å². The molecule has 0 spiro atoms. The summed E-state index contributed by atoms with van der Waals surface area (Å²) in [7, 11) is 0. The third-order valence-electron chi connectivity index (χ3n) is 3.47. The third-order valence-corrected chi connectivity index (χ3v) is 3.47. The summed E-state index contributed by atoms with van der Waals surface area (Å²) in [6.45, 7) is 3.29. The highest BCUT2D eigenvalue weighted by molar-refractivity contribution is 5.90. The molecular formula is C15H12F4O2. The quantitative estimate of drug-likeness (QED) is 0.358. The Kier molecular flexibility index (Phi) is 3.89. The fourth-order valence-corrected chi connectivity index (χ4v) is 1.95. The van der Waals surface area contributed by atoms with Gasteiger partial charge in [0.1, 0.15) is 17.0 Å². The molecule has 1 aromatic carbocycles. The molecule has 1 aromatic rings. The molecule has 2 unspecified atom stereocenters. The maximum atomic E-state index is 13.6. The second-order valence-corrected chi connectivity index (χ2v) is 4.95. The van der Waals surface area contributed by atoms with E-state index >= 15 is 0 Å².